The zero-order chi connectivity index (χ0) is 25.2. The van der Waals surface area contributed by atoms with Crippen LogP contribution in [0.4, 0.5) is 0 Å². The highest BCUT2D eigenvalue weighted by atomic mass is 16.6. The molecule has 8 heteroatoms. The molecule has 1 aromatic heterocycles. The molecule has 0 aromatic carbocycles. The average molecular weight is 487 g/mol. The van der Waals surface area contributed by atoms with Crippen LogP contribution < -0.4 is 0 Å². The Hall–Kier alpha value is -2.19. The minimum atomic E-state index is -1.55. The van der Waals surface area contributed by atoms with Crippen LogP contribution in [0.2, 0.25) is 0 Å². The van der Waals surface area contributed by atoms with E-state index in [0.717, 1.165) is 0 Å². The normalized spacial score (nSPS) is 49.3. The molecule has 6 rings (SSSR count). The Kier molecular flexibility index (Phi) is 4.49. The van der Waals surface area contributed by atoms with Crippen molar-refractivity contribution in [2.45, 2.75) is 83.2 Å². The summed E-state index contributed by atoms with van der Waals surface area (Å²) in [7, 11) is 1.36. The molecule has 9 atom stereocenters. The molecule has 1 spiro atoms. The number of hydrogen-bond donors (Lipinski definition) is 1. The van der Waals surface area contributed by atoms with Crippen molar-refractivity contribution in [2.75, 3.05) is 7.11 Å². The molecule has 2 saturated heterocycles. The third kappa shape index (κ3) is 2.43. The van der Waals surface area contributed by atoms with E-state index >= 15 is 0 Å². The molecule has 0 radical (unpaired) electrons. The van der Waals surface area contributed by atoms with Crippen molar-refractivity contribution in [1.29, 1.82) is 0 Å². The lowest BCUT2D eigenvalue weighted by Gasteiger charge is -2.67. The number of fused-ring (bicyclic) bond motifs is 3. The molecule has 5 fully saturated rings. The number of ether oxygens (including phenoxy) is 3. The van der Waals surface area contributed by atoms with Gasteiger partial charge in [0, 0.05) is 34.7 Å². The summed E-state index contributed by atoms with van der Waals surface area (Å²) >= 11 is 0. The Morgan fingerprint density at radius 2 is 1.97 bits per heavy atom. The van der Waals surface area contributed by atoms with E-state index in [4.69, 9.17) is 18.6 Å². The average Bonchev–Trinajstić information content (AvgIpc) is 3.44. The number of rotatable bonds is 3. The van der Waals surface area contributed by atoms with E-state index in [2.05, 4.69) is 13.8 Å². The number of carbonyl (C=O) groups excluding carboxylic acids is 3. The van der Waals surface area contributed by atoms with Gasteiger partial charge in [0.25, 0.3) is 0 Å². The molecule has 0 unspecified atom stereocenters. The van der Waals surface area contributed by atoms with E-state index in [0.29, 0.717) is 24.8 Å². The van der Waals surface area contributed by atoms with Crippen LogP contribution in [0, 0.1) is 34.0 Å². The molecule has 3 heterocycles. The van der Waals surface area contributed by atoms with E-state index in [-0.39, 0.29) is 36.4 Å². The molecule has 0 amide bonds. The third-order valence-corrected chi connectivity index (χ3v) is 11.0. The monoisotopic (exact) mass is 486 g/mol. The molecule has 190 valence electrons. The van der Waals surface area contributed by atoms with Crippen LogP contribution in [0.15, 0.2) is 23.0 Å². The van der Waals surface area contributed by atoms with Crippen LogP contribution in [0.25, 0.3) is 0 Å². The van der Waals surface area contributed by atoms with Crippen molar-refractivity contribution in [2.24, 2.45) is 34.0 Å². The van der Waals surface area contributed by atoms with Crippen molar-refractivity contribution in [3.05, 3.63) is 24.2 Å². The fourth-order valence-electron chi connectivity index (χ4n) is 9.38. The van der Waals surface area contributed by atoms with Crippen LogP contribution in [0.3, 0.4) is 0 Å². The highest BCUT2D eigenvalue weighted by molar-refractivity contribution is 5.92. The van der Waals surface area contributed by atoms with Gasteiger partial charge in [0.2, 0.25) is 0 Å². The maximum atomic E-state index is 14.0. The van der Waals surface area contributed by atoms with Crippen molar-refractivity contribution in [3.63, 3.8) is 0 Å². The molecular formula is C27H34O8. The summed E-state index contributed by atoms with van der Waals surface area (Å²) in [6, 6.07) is 1.77. The summed E-state index contributed by atoms with van der Waals surface area (Å²) in [6.07, 6.45) is 3.39. The Morgan fingerprint density at radius 1 is 1.23 bits per heavy atom. The van der Waals surface area contributed by atoms with Gasteiger partial charge in [0.05, 0.1) is 32.2 Å². The summed E-state index contributed by atoms with van der Waals surface area (Å²) in [5, 5.41) is 12.8. The van der Waals surface area contributed by atoms with Crippen LogP contribution in [-0.2, 0) is 28.6 Å². The molecule has 8 nitrogen and oxygen atoms in total. The van der Waals surface area contributed by atoms with Gasteiger partial charge >= 0.3 is 11.9 Å². The van der Waals surface area contributed by atoms with E-state index in [9.17, 15) is 19.5 Å². The van der Waals surface area contributed by atoms with Gasteiger partial charge in [0.1, 0.15) is 23.1 Å². The molecule has 1 aromatic rings. The minimum Gasteiger partial charge on any atom is -0.472 e. The standard InChI is InChI=1S/C27H34O8/c1-23(2)17(10-18(28)32-5)25(4)16-6-8-24(3)21(14-7-9-33-13-14)34-19(29)12-27(24,31)26(16)11-15(20(25)30)22(23)35-26/h7,9,13,15-17,21-22,31H,6,8,10-12H2,1-5H3/t15-,16-,17+,21+,22-,24+,25-,26+,27+/m1/s1. The zero-order valence-electron chi connectivity index (χ0n) is 21.0. The SMILES string of the molecule is COC(=O)C[C@H]1C(C)(C)[C@@H]2O[C@@]34C[C@@H]2C(=O)[C@]1(C)[C@H]3CC[C@@]1(C)[C@H](c2ccoc2)OC(=O)C[C@]14O. The molecule has 3 saturated carbocycles. The molecule has 2 aliphatic heterocycles. The van der Waals surface area contributed by atoms with Crippen molar-refractivity contribution in [3.8, 4) is 0 Å². The largest absolute Gasteiger partial charge is 0.472 e. The Morgan fingerprint density at radius 3 is 2.63 bits per heavy atom. The first-order chi connectivity index (χ1) is 16.4. The van der Waals surface area contributed by atoms with E-state index in [1.165, 1.54) is 13.4 Å². The first-order valence-electron chi connectivity index (χ1n) is 12.6. The topological polar surface area (TPSA) is 112 Å². The molecule has 3 bridgehead atoms. The molecular weight excluding hydrogens is 452 g/mol. The predicted molar refractivity (Wildman–Crippen MR) is 121 cm³/mol. The smallest absolute Gasteiger partial charge is 0.309 e. The summed E-state index contributed by atoms with van der Waals surface area (Å²) in [4.78, 5) is 39.6. The fourth-order valence-corrected chi connectivity index (χ4v) is 9.38. The second-order valence-corrected chi connectivity index (χ2v) is 12.5. The number of methoxy groups -OCH3 is 1. The molecule has 35 heavy (non-hydrogen) atoms. The van der Waals surface area contributed by atoms with Crippen LogP contribution in [-0.4, -0.2) is 47.2 Å². The van der Waals surface area contributed by atoms with Crippen LogP contribution in [0.5, 0.6) is 0 Å². The highest BCUT2D eigenvalue weighted by Gasteiger charge is 2.84. The molecule has 5 aliphatic rings. The number of Topliss-reactive ketones (excluding diaryl/α,β-unsaturated/α-hetero) is 1. The quantitative estimate of drug-likeness (QED) is 0.648. The maximum absolute atomic E-state index is 14.0. The van der Waals surface area contributed by atoms with Crippen molar-refractivity contribution < 1.29 is 38.1 Å². The van der Waals surface area contributed by atoms with E-state index in [1.54, 1.807) is 12.3 Å². The van der Waals surface area contributed by atoms with E-state index < -0.39 is 51.5 Å². The lowest BCUT2D eigenvalue weighted by Crippen LogP contribution is -2.76. The second-order valence-electron chi connectivity index (χ2n) is 12.5. The Balaban J connectivity index is 1.54. The number of carbonyl (C=O) groups is 3. The predicted octanol–water partition coefficient (Wildman–Crippen LogP) is 3.37. The Bertz CT molecular complexity index is 1110. The van der Waals surface area contributed by atoms with Crippen molar-refractivity contribution >= 4 is 17.7 Å². The summed E-state index contributed by atoms with van der Waals surface area (Å²) < 4.78 is 23.1. The summed E-state index contributed by atoms with van der Waals surface area (Å²) in [5.74, 6) is -1.76. The van der Waals surface area contributed by atoms with Crippen LogP contribution in [0.1, 0.15) is 71.5 Å². The zero-order valence-corrected chi connectivity index (χ0v) is 21.0. The fraction of sp³-hybridized carbons (Fsp3) is 0.741. The number of esters is 2. The first kappa shape index (κ1) is 23.2. The Labute approximate surface area is 204 Å². The van der Waals surface area contributed by atoms with E-state index in [1.807, 2.05) is 13.8 Å². The first-order valence-corrected chi connectivity index (χ1v) is 12.6. The van der Waals surface area contributed by atoms with Gasteiger partial charge in [-0.2, -0.15) is 0 Å². The lowest BCUT2D eigenvalue weighted by molar-refractivity contribution is -0.316. The summed E-state index contributed by atoms with van der Waals surface area (Å²) in [6.45, 7) is 8.05. The third-order valence-electron chi connectivity index (χ3n) is 11.0. The van der Waals surface area contributed by atoms with Gasteiger partial charge < -0.3 is 23.7 Å². The van der Waals surface area contributed by atoms with Gasteiger partial charge in [-0.3, -0.25) is 14.4 Å². The van der Waals surface area contributed by atoms with Gasteiger partial charge in [-0.05, 0) is 36.7 Å². The number of cyclic esters (lactones) is 1. The number of furan rings is 1. The van der Waals surface area contributed by atoms with Gasteiger partial charge in [-0.1, -0.05) is 27.7 Å². The van der Waals surface area contributed by atoms with Crippen molar-refractivity contribution in [1.82, 2.24) is 0 Å². The maximum Gasteiger partial charge on any atom is 0.309 e. The molecule has 3 aliphatic carbocycles. The lowest BCUT2D eigenvalue weighted by atomic mass is 9.37. The second kappa shape index (κ2) is 6.76. The number of aliphatic hydroxyl groups is 1. The van der Waals surface area contributed by atoms with Crippen LogP contribution >= 0.6 is 0 Å². The highest BCUT2D eigenvalue weighted by Crippen LogP contribution is 2.77. The number of hydrogen-bond acceptors (Lipinski definition) is 8. The summed E-state index contributed by atoms with van der Waals surface area (Å²) in [5.41, 5.74) is -4.18. The van der Waals surface area contributed by atoms with Gasteiger partial charge in [0.15, 0.2) is 0 Å². The van der Waals surface area contributed by atoms with Gasteiger partial charge in [-0.25, -0.2) is 0 Å². The van der Waals surface area contributed by atoms with Gasteiger partial charge in [-0.15, -0.1) is 0 Å². The number of ketones is 1. The minimum absolute atomic E-state index is 0.111. The molecule has 1 N–H and O–H groups in total.